The second-order valence-corrected chi connectivity index (χ2v) is 7.89. The van der Waals surface area contributed by atoms with Crippen molar-refractivity contribution in [1.82, 2.24) is 10.2 Å². The van der Waals surface area contributed by atoms with E-state index >= 15 is 0 Å². The number of amides is 2. The molecule has 2 fully saturated rings. The normalized spacial score (nSPS) is 24.8. The maximum Gasteiger partial charge on any atom is 0.253 e. The molecule has 0 bridgehead atoms. The van der Waals surface area contributed by atoms with Gasteiger partial charge >= 0.3 is 0 Å². The van der Waals surface area contributed by atoms with Crippen molar-refractivity contribution in [2.45, 2.75) is 51.5 Å². The number of rotatable bonds is 3. The van der Waals surface area contributed by atoms with Crippen LogP contribution in [0.4, 0.5) is 0 Å². The lowest BCUT2D eigenvalue weighted by Gasteiger charge is -2.34. The van der Waals surface area contributed by atoms with E-state index in [0.29, 0.717) is 35.6 Å². The van der Waals surface area contributed by atoms with Crippen LogP contribution < -0.4 is 5.32 Å². The number of nitrogens with one attached hydrogen (secondary N) is 1. The molecule has 25 heavy (non-hydrogen) atoms. The highest BCUT2D eigenvalue weighted by Crippen LogP contribution is 2.25. The zero-order valence-corrected chi connectivity index (χ0v) is 15.6. The van der Waals surface area contributed by atoms with Gasteiger partial charge in [0.1, 0.15) is 0 Å². The third kappa shape index (κ3) is 4.55. The van der Waals surface area contributed by atoms with Gasteiger partial charge in [0.15, 0.2) is 0 Å². The number of piperidine rings is 1. The molecule has 4 nitrogen and oxygen atoms in total. The predicted octanol–water partition coefficient (Wildman–Crippen LogP) is 3.89. The molecule has 2 unspecified atom stereocenters. The standard InChI is InChI=1S/C20H27ClN2O2/c1-14-4-2-3-5-18(14)22-19(24)15-10-12-23(13-11-15)20(25)16-6-8-17(21)9-7-16/h6-9,14-15,18H,2-5,10-13H2,1H3,(H,22,24). The number of hydrogen-bond acceptors (Lipinski definition) is 2. The molecule has 2 aliphatic rings. The van der Waals surface area contributed by atoms with Gasteiger partial charge in [0, 0.05) is 35.6 Å². The van der Waals surface area contributed by atoms with E-state index in [-0.39, 0.29) is 17.7 Å². The third-order valence-electron chi connectivity index (χ3n) is 5.68. The van der Waals surface area contributed by atoms with Crippen LogP contribution in [-0.2, 0) is 4.79 Å². The summed E-state index contributed by atoms with van der Waals surface area (Å²) < 4.78 is 0. The van der Waals surface area contributed by atoms with E-state index in [9.17, 15) is 9.59 Å². The van der Waals surface area contributed by atoms with Crippen molar-refractivity contribution in [1.29, 1.82) is 0 Å². The molecule has 1 N–H and O–H groups in total. The Morgan fingerprint density at radius 3 is 2.32 bits per heavy atom. The molecule has 0 aromatic heterocycles. The van der Waals surface area contributed by atoms with Gasteiger partial charge in [0.05, 0.1) is 0 Å². The summed E-state index contributed by atoms with van der Waals surface area (Å²) in [5.74, 6) is 0.807. The Balaban J connectivity index is 1.50. The second kappa shape index (κ2) is 8.22. The minimum absolute atomic E-state index is 0.0245. The molecule has 3 rings (SSSR count). The molecule has 1 aromatic carbocycles. The quantitative estimate of drug-likeness (QED) is 0.886. The van der Waals surface area contributed by atoms with Crippen molar-refractivity contribution in [2.24, 2.45) is 11.8 Å². The number of nitrogens with zero attached hydrogens (tertiary/aromatic N) is 1. The van der Waals surface area contributed by atoms with Crippen LogP contribution in [0.25, 0.3) is 0 Å². The van der Waals surface area contributed by atoms with Crippen molar-refractivity contribution in [3.63, 3.8) is 0 Å². The number of halogens is 1. The Hall–Kier alpha value is -1.55. The van der Waals surface area contributed by atoms with Crippen LogP contribution in [0.5, 0.6) is 0 Å². The third-order valence-corrected chi connectivity index (χ3v) is 5.94. The molecule has 1 saturated carbocycles. The van der Waals surface area contributed by atoms with Crippen LogP contribution in [0.3, 0.4) is 0 Å². The molecular weight excluding hydrogens is 336 g/mol. The van der Waals surface area contributed by atoms with Gasteiger partial charge in [-0.05, 0) is 55.9 Å². The molecule has 2 amide bonds. The fourth-order valence-corrected chi connectivity index (χ4v) is 4.08. The SMILES string of the molecule is CC1CCCCC1NC(=O)C1CCN(C(=O)c2ccc(Cl)cc2)CC1. The summed E-state index contributed by atoms with van der Waals surface area (Å²) in [7, 11) is 0. The highest BCUT2D eigenvalue weighted by molar-refractivity contribution is 6.30. The molecule has 1 aromatic rings. The first kappa shape index (κ1) is 18.2. The minimum atomic E-state index is 0.0245. The molecule has 1 aliphatic heterocycles. The fourth-order valence-electron chi connectivity index (χ4n) is 3.95. The molecule has 5 heteroatoms. The first-order valence-corrected chi connectivity index (χ1v) is 9.77. The summed E-state index contributed by atoms with van der Waals surface area (Å²) in [4.78, 5) is 26.9. The summed E-state index contributed by atoms with van der Waals surface area (Å²) in [6.07, 6.45) is 6.28. The van der Waals surface area contributed by atoms with Crippen LogP contribution in [0.2, 0.25) is 5.02 Å². The number of carbonyl (C=O) groups excluding carboxylic acids is 2. The lowest BCUT2D eigenvalue weighted by molar-refractivity contribution is -0.127. The van der Waals surface area contributed by atoms with E-state index in [2.05, 4.69) is 12.2 Å². The molecule has 0 radical (unpaired) electrons. The van der Waals surface area contributed by atoms with Crippen molar-refractivity contribution < 1.29 is 9.59 Å². The highest BCUT2D eigenvalue weighted by atomic mass is 35.5. The summed E-state index contributed by atoms with van der Waals surface area (Å²) in [5.41, 5.74) is 0.656. The lowest BCUT2D eigenvalue weighted by atomic mass is 9.85. The molecule has 1 heterocycles. The van der Waals surface area contributed by atoms with Gasteiger partial charge in [-0.15, -0.1) is 0 Å². The van der Waals surface area contributed by atoms with Crippen molar-refractivity contribution in [2.75, 3.05) is 13.1 Å². The van der Waals surface area contributed by atoms with E-state index in [4.69, 9.17) is 11.6 Å². The first-order chi connectivity index (χ1) is 12.0. The van der Waals surface area contributed by atoms with Crippen molar-refractivity contribution >= 4 is 23.4 Å². The summed E-state index contributed by atoms with van der Waals surface area (Å²) >= 11 is 5.88. The fraction of sp³-hybridized carbons (Fsp3) is 0.600. The van der Waals surface area contributed by atoms with Crippen molar-refractivity contribution in [3.05, 3.63) is 34.9 Å². The van der Waals surface area contributed by atoms with E-state index in [1.807, 2.05) is 4.90 Å². The Bertz CT molecular complexity index is 609. The summed E-state index contributed by atoms with van der Waals surface area (Å²) in [6, 6.07) is 7.32. The van der Waals surface area contributed by atoms with Gasteiger partial charge in [-0.1, -0.05) is 31.4 Å². The van der Waals surface area contributed by atoms with Gasteiger partial charge in [-0.2, -0.15) is 0 Å². The molecule has 1 saturated heterocycles. The minimum Gasteiger partial charge on any atom is -0.353 e. The van der Waals surface area contributed by atoms with Crippen molar-refractivity contribution in [3.8, 4) is 0 Å². The predicted molar refractivity (Wildman–Crippen MR) is 99.6 cm³/mol. The van der Waals surface area contributed by atoms with Crippen LogP contribution in [0.1, 0.15) is 55.8 Å². The molecular formula is C20H27ClN2O2. The monoisotopic (exact) mass is 362 g/mol. The molecule has 2 atom stereocenters. The van der Waals surface area contributed by atoms with Crippen LogP contribution in [0, 0.1) is 11.8 Å². The number of likely N-dealkylation sites (tertiary alicyclic amines) is 1. The Morgan fingerprint density at radius 1 is 1.04 bits per heavy atom. The molecule has 1 aliphatic carbocycles. The molecule has 136 valence electrons. The van der Waals surface area contributed by atoms with Gasteiger partial charge in [0.25, 0.3) is 5.91 Å². The first-order valence-electron chi connectivity index (χ1n) is 9.40. The van der Waals surface area contributed by atoms with E-state index in [0.717, 1.165) is 19.3 Å². The van der Waals surface area contributed by atoms with Gasteiger partial charge in [0.2, 0.25) is 5.91 Å². The Labute approximate surface area is 154 Å². The number of hydrogen-bond donors (Lipinski definition) is 1. The summed E-state index contributed by atoms with van der Waals surface area (Å²) in [5, 5.41) is 3.89. The van der Waals surface area contributed by atoms with E-state index in [1.54, 1.807) is 24.3 Å². The topological polar surface area (TPSA) is 49.4 Å². The zero-order valence-electron chi connectivity index (χ0n) is 14.8. The van der Waals surface area contributed by atoms with Gasteiger partial charge in [-0.25, -0.2) is 0 Å². The Morgan fingerprint density at radius 2 is 1.68 bits per heavy atom. The second-order valence-electron chi connectivity index (χ2n) is 7.45. The Kier molecular flexibility index (Phi) is 6.00. The van der Waals surface area contributed by atoms with Crippen LogP contribution in [-0.4, -0.2) is 35.8 Å². The number of carbonyl (C=O) groups is 2. The van der Waals surface area contributed by atoms with Gasteiger partial charge in [-0.3, -0.25) is 9.59 Å². The van der Waals surface area contributed by atoms with Crippen LogP contribution >= 0.6 is 11.6 Å². The zero-order chi connectivity index (χ0) is 17.8. The van der Waals surface area contributed by atoms with Gasteiger partial charge < -0.3 is 10.2 Å². The maximum atomic E-state index is 12.6. The molecule has 0 spiro atoms. The number of benzene rings is 1. The smallest absolute Gasteiger partial charge is 0.253 e. The average Bonchev–Trinajstić information content (AvgIpc) is 2.64. The van der Waals surface area contributed by atoms with Crippen LogP contribution in [0.15, 0.2) is 24.3 Å². The summed E-state index contributed by atoms with van der Waals surface area (Å²) in [6.45, 7) is 3.51. The largest absolute Gasteiger partial charge is 0.353 e. The van der Waals surface area contributed by atoms with E-state index < -0.39 is 0 Å². The van der Waals surface area contributed by atoms with E-state index in [1.165, 1.54) is 19.3 Å². The maximum absolute atomic E-state index is 12.6. The average molecular weight is 363 g/mol. The highest BCUT2D eigenvalue weighted by Gasteiger charge is 2.30. The lowest BCUT2D eigenvalue weighted by Crippen LogP contribution is -2.47.